The van der Waals surface area contributed by atoms with Crippen LogP contribution < -0.4 is 0 Å². The number of aliphatic hydroxyl groups is 1. The Balaban J connectivity index is 1.58. The Bertz CT molecular complexity index is 681. The number of carbonyl (C=O) groups is 1. The van der Waals surface area contributed by atoms with Crippen LogP contribution in [-0.4, -0.2) is 47.2 Å². The fraction of sp³-hybridized carbons (Fsp3) is 0.421. The summed E-state index contributed by atoms with van der Waals surface area (Å²) in [6.07, 6.45) is 1.37. The monoisotopic (exact) mass is 312 g/mol. The van der Waals surface area contributed by atoms with E-state index in [9.17, 15) is 9.90 Å². The number of hydrogen-bond donors (Lipinski definition) is 1. The summed E-state index contributed by atoms with van der Waals surface area (Å²) >= 11 is 0. The minimum Gasteiger partial charge on any atom is -0.373 e. The van der Waals surface area contributed by atoms with E-state index in [-0.39, 0.29) is 5.91 Å². The van der Waals surface area contributed by atoms with E-state index in [4.69, 9.17) is 0 Å². The predicted octanol–water partition coefficient (Wildman–Crippen LogP) is 2.60. The molecular formula is C19H24N2O2. The van der Waals surface area contributed by atoms with E-state index in [0.29, 0.717) is 19.4 Å². The molecule has 0 radical (unpaired) electrons. The molecule has 0 aliphatic carbocycles. The van der Waals surface area contributed by atoms with Crippen molar-refractivity contribution in [3.8, 4) is 0 Å². The van der Waals surface area contributed by atoms with Gasteiger partial charge in [-0.3, -0.25) is 4.79 Å². The summed E-state index contributed by atoms with van der Waals surface area (Å²) in [6.45, 7) is 2.28. The van der Waals surface area contributed by atoms with Gasteiger partial charge in [-0.05, 0) is 29.8 Å². The first kappa shape index (κ1) is 16.0. The van der Waals surface area contributed by atoms with Crippen molar-refractivity contribution < 1.29 is 9.90 Å². The lowest BCUT2D eigenvalue weighted by Gasteiger charge is -2.25. The average Bonchev–Trinajstić information content (AvgIpc) is 2.99. The Labute approximate surface area is 137 Å². The van der Waals surface area contributed by atoms with Gasteiger partial charge in [-0.25, -0.2) is 0 Å². The lowest BCUT2D eigenvalue weighted by Crippen LogP contribution is -2.38. The molecule has 0 spiro atoms. The molecule has 0 aromatic heterocycles. The highest BCUT2D eigenvalue weighted by atomic mass is 16.3. The number of benzene rings is 2. The van der Waals surface area contributed by atoms with Crippen molar-refractivity contribution in [2.45, 2.75) is 32.0 Å². The Kier molecular flexibility index (Phi) is 4.94. The number of aliphatic hydroxyl groups excluding tert-OH is 1. The average molecular weight is 312 g/mol. The minimum absolute atomic E-state index is 0.0780. The normalized spacial score (nSPS) is 16.5. The molecular weight excluding hydrogens is 288 g/mol. The zero-order chi connectivity index (χ0) is 16.2. The quantitative estimate of drug-likeness (QED) is 0.891. The Morgan fingerprint density at radius 3 is 2.78 bits per heavy atom. The molecule has 23 heavy (non-hydrogen) atoms. The number of amides is 1. The Hall–Kier alpha value is -1.91. The van der Waals surface area contributed by atoms with E-state index in [0.717, 1.165) is 19.5 Å². The van der Waals surface area contributed by atoms with Crippen LogP contribution in [0.2, 0.25) is 0 Å². The largest absolute Gasteiger partial charge is 0.373 e. The maximum atomic E-state index is 11.7. The number of nitrogens with zero attached hydrogens (tertiary/aromatic N) is 2. The summed E-state index contributed by atoms with van der Waals surface area (Å²) in [5, 5.41) is 12.7. The molecule has 2 aromatic carbocycles. The summed E-state index contributed by atoms with van der Waals surface area (Å²) in [6, 6.07) is 14.8. The molecule has 3 rings (SSSR count). The van der Waals surface area contributed by atoms with Gasteiger partial charge in [0.1, 0.15) is 6.23 Å². The first-order valence-corrected chi connectivity index (χ1v) is 8.28. The number of likely N-dealkylation sites (tertiary alicyclic amines) is 1. The van der Waals surface area contributed by atoms with E-state index in [1.54, 1.807) is 4.90 Å². The van der Waals surface area contributed by atoms with Crippen molar-refractivity contribution in [3.63, 3.8) is 0 Å². The third kappa shape index (κ3) is 3.71. The highest BCUT2D eigenvalue weighted by Gasteiger charge is 2.26. The van der Waals surface area contributed by atoms with Crippen LogP contribution >= 0.6 is 0 Å². The molecule has 1 atom stereocenters. The third-order valence-electron chi connectivity index (χ3n) is 4.56. The van der Waals surface area contributed by atoms with E-state index < -0.39 is 6.23 Å². The van der Waals surface area contributed by atoms with E-state index in [2.05, 4.69) is 54.4 Å². The number of fused-ring (bicyclic) bond motifs is 1. The molecule has 1 heterocycles. The van der Waals surface area contributed by atoms with Crippen molar-refractivity contribution >= 4 is 16.7 Å². The molecule has 1 amide bonds. The van der Waals surface area contributed by atoms with Crippen LogP contribution in [0.5, 0.6) is 0 Å². The zero-order valence-electron chi connectivity index (χ0n) is 13.6. The van der Waals surface area contributed by atoms with E-state index in [1.165, 1.54) is 16.3 Å². The summed E-state index contributed by atoms with van der Waals surface area (Å²) in [5.74, 6) is 0.0780. The van der Waals surface area contributed by atoms with Crippen molar-refractivity contribution in [2.24, 2.45) is 0 Å². The third-order valence-corrected chi connectivity index (χ3v) is 4.56. The van der Waals surface area contributed by atoms with Gasteiger partial charge in [-0.15, -0.1) is 0 Å². The van der Waals surface area contributed by atoms with Gasteiger partial charge in [0, 0.05) is 32.5 Å². The summed E-state index contributed by atoms with van der Waals surface area (Å²) in [4.78, 5) is 15.5. The van der Waals surface area contributed by atoms with Gasteiger partial charge in [-0.2, -0.15) is 0 Å². The highest BCUT2D eigenvalue weighted by molar-refractivity contribution is 5.85. The standard InChI is InChI=1S/C19H24N2O2/c1-20(13-11-19(23)21-12-5-10-18(21)22)14-16-8-4-7-15-6-2-3-9-17(15)16/h2-4,6-9,19,23H,5,10-14H2,1H3. The summed E-state index contributed by atoms with van der Waals surface area (Å²) < 4.78 is 0. The second-order valence-corrected chi connectivity index (χ2v) is 6.34. The fourth-order valence-corrected chi connectivity index (χ4v) is 3.28. The van der Waals surface area contributed by atoms with Crippen molar-refractivity contribution in [2.75, 3.05) is 20.1 Å². The lowest BCUT2D eigenvalue weighted by atomic mass is 10.0. The first-order valence-electron chi connectivity index (χ1n) is 8.28. The van der Waals surface area contributed by atoms with Gasteiger partial charge >= 0.3 is 0 Å². The van der Waals surface area contributed by atoms with Crippen molar-refractivity contribution in [1.82, 2.24) is 9.80 Å². The molecule has 122 valence electrons. The van der Waals surface area contributed by atoms with Crippen LogP contribution in [0.1, 0.15) is 24.8 Å². The second kappa shape index (κ2) is 7.11. The SMILES string of the molecule is CN(CCC(O)N1CCCC1=O)Cc1cccc2ccccc12. The molecule has 4 nitrogen and oxygen atoms in total. The molecule has 1 aliphatic rings. The molecule has 1 aliphatic heterocycles. The lowest BCUT2D eigenvalue weighted by molar-refractivity contribution is -0.136. The number of rotatable bonds is 6. The smallest absolute Gasteiger partial charge is 0.224 e. The van der Waals surface area contributed by atoms with Crippen LogP contribution in [0, 0.1) is 0 Å². The molecule has 2 aromatic rings. The molecule has 1 saturated heterocycles. The highest BCUT2D eigenvalue weighted by Crippen LogP contribution is 2.20. The van der Waals surface area contributed by atoms with Gasteiger partial charge in [0.15, 0.2) is 0 Å². The first-order chi connectivity index (χ1) is 11.1. The van der Waals surface area contributed by atoms with Gasteiger partial charge in [0.05, 0.1) is 0 Å². The maximum absolute atomic E-state index is 11.7. The second-order valence-electron chi connectivity index (χ2n) is 6.34. The van der Waals surface area contributed by atoms with Crippen LogP contribution in [-0.2, 0) is 11.3 Å². The van der Waals surface area contributed by atoms with Gasteiger partial charge in [0.2, 0.25) is 5.91 Å². The van der Waals surface area contributed by atoms with E-state index in [1.807, 2.05) is 0 Å². The molecule has 1 fully saturated rings. The summed E-state index contributed by atoms with van der Waals surface area (Å²) in [5.41, 5.74) is 1.29. The molecule has 1 N–H and O–H groups in total. The fourth-order valence-electron chi connectivity index (χ4n) is 3.28. The number of hydrogen-bond acceptors (Lipinski definition) is 3. The van der Waals surface area contributed by atoms with E-state index >= 15 is 0 Å². The van der Waals surface area contributed by atoms with Gasteiger partial charge in [0.25, 0.3) is 0 Å². The molecule has 4 heteroatoms. The van der Waals surface area contributed by atoms with Crippen LogP contribution in [0.3, 0.4) is 0 Å². The zero-order valence-corrected chi connectivity index (χ0v) is 13.6. The number of carbonyl (C=O) groups excluding carboxylic acids is 1. The predicted molar refractivity (Wildman–Crippen MR) is 91.9 cm³/mol. The molecule has 0 bridgehead atoms. The van der Waals surface area contributed by atoms with Crippen molar-refractivity contribution in [3.05, 3.63) is 48.0 Å². The van der Waals surface area contributed by atoms with Crippen LogP contribution in [0.4, 0.5) is 0 Å². The van der Waals surface area contributed by atoms with Gasteiger partial charge in [-0.1, -0.05) is 42.5 Å². The van der Waals surface area contributed by atoms with Crippen LogP contribution in [0.15, 0.2) is 42.5 Å². The van der Waals surface area contributed by atoms with Crippen LogP contribution in [0.25, 0.3) is 10.8 Å². The summed E-state index contributed by atoms with van der Waals surface area (Å²) in [7, 11) is 2.06. The van der Waals surface area contributed by atoms with Gasteiger partial charge < -0.3 is 14.9 Å². The Morgan fingerprint density at radius 2 is 2.00 bits per heavy atom. The minimum atomic E-state index is -0.653. The molecule has 0 saturated carbocycles. The Morgan fingerprint density at radius 1 is 1.22 bits per heavy atom. The topological polar surface area (TPSA) is 43.8 Å². The maximum Gasteiger partial charge on any atom is 0.224 e. The molecule has 1 unspecified atom stereocenters. The van der Waals surface area contributed by atoms with Crippen molar-refractivity contribution in [1.29, 1.82) is 0 Å².